The first-order chi connectivity index (χ1) is 10.4. The maximum Gasteiger partial charge on any atom is 0.410 e. The van der Waals surface area contributed by atoms with Gasteiger partial charge in [0, 0.05) is 26.2 Å². The molecule has 0 saturated carbocycles. The monoisotopic (exact) mass is 305 g/mol. The fraction of sp³-hybridized carbons (Fsp3) is 0.533. The first-order valence-electron chi connectivity index (χ1n) is 7.32. The molecule has 0 aromatic carbocycles. The maximum atomic E-state index is 12.0. The molecule has 1 fully saturated rings. The Bertz CT molecular complexity index is 528. The summed E-state index contributed by atoms with van der Waals surface area (Å²) in [6, 6.07) is 3.78. The number of amides is 1. The number of hydrogen-bond donors (Lipinski definition) is 1. The van der Waals surface area contributed by atoms with Crippen LogP contribution in [0.5, 0.6) is 0 Å². The summed E-state index contributed by atoms with van der Waals surface area (Å²) in [6.45, 7) is 8.39. The molecule has 1 aromatic rings. The van der Waals surface area contributed by atoms with Crippen LogP contribution in [0.4, 0.5) is 16.3 Å². The van der Waals surface area contributed by atoms with Crippen LogP contribution in [0.2, 0.25) is 0 Å². The van der Waals surface area contributed by atoms with Crippen LogP contribution in [0.15, 0.2) is 23.3 Å². The highest BCUT2D eigenvalue weighted by Gasteiger charge is 2.25. The fourth-order valence-electron chi connectivity index (χ4n) is 2.19. The summed E-state index contributed by atoms with van der Waals surface area (Å²) in [5, 5.41) is 0. The number of carbonyl (C=O) groups excluding carboxylic acids is 1. The highest BCUT2D eigenvalue weighted by atomic mass is 16.6. The number of nitrogens with zero attached hydrogens (tertiary/aromatic N) is 4. The highest BCUT2D eigenvalue weighted by molar-refractivity contribution is 5.68. The van der Waals surface area contributed by atoms with Crippen molar-refractivity contribution in [1.29, 1.82) is 0 Å². The Morgan fingerprint density at radius 2 is 2.00 bits per heavy atom. The zero-order valence-corrected chi connectivity index (χ0v) is 13.3. The van der Waals surface area contributed by atoms with E-state index in [1.54, 1.807) is 11.1 Å². The van der Waals surface area contributed by atoms with Crippen LogP contribution >= 0.6 is 0 Å². The molecule has 2 N–H and O–H groups in total. The van der Waals surface area contributed by atoms with Gasteiger partial charge in [-0.1, -0.05) is 0 Å². The van der Waals surface area contributed by atoms with Gasteiger partial charge in [-0.3, -0.25) is 0 Å². The zero-order valence-electron chi connectivity index (χ0n) is 13.3. The minimum Gasteiger partial charge on any atom is -0.444 e. The van der Waals surface area contributed by atoms with Crippen LogP contribution in [0, 0.1) is 0 Å². The van der Waals surface area contributed by atoms with Gasteiger partial charge in [-0.25, -0.2) is 14.8 Å². The number of aromatic nitrogens is 1. The van der Waals surface area contributed by atoms with Crippen molar-refractivity contribution >= 4 is 23.9 Å². The fourth-order valence-corrected chi connectivity index (χ4v) is 2.19. The van der Waals surface area contributed by atoms with Gasteiger partial charge in [0.05, 0.1) is 18.2 Å². The molecular weight excluding hydrogens is 282 g/mol. The molecule has 0 atom stereocenters. The SMILES string of the molecule is CC(C)(C)OC(=O)N1CCN(c2ccc(N=CN)nc2)CC1. The van der Waals surface area contributed by atoms with Crippen LogP contribution in [0.1, 0.15) is 20.8 Å². The van der Waals surface area contributed by atoms with Gasteiger partial charge >= 0.3 is 6.09 Å². The van der Waals surface area contributed by atoms with Crippen molar-refractivity contribution in [2.24, 2.45) is 10.7 Å². The predicted octanol–water partition coefficient (Wildman–Crippen LogP) is 1.76. The topological polar surface area (TPSA) is 84.0 Å². The molecule has 1 aliphatic rings. The summed E-state index contributed by atoms with van der Waals surface area (Å²) >= 11 is 0. The number of hydrogen-bond acceptors (Lipinski definition) is 5. The van der Waals surface area contributed by atoms with Gasteiger partial charge < -0.3 is 20.3 Å². The Morgan fingerprint density at radius 1 is 1.32 bits per heavy atom. The Labute approximate surface area is 130 Å². The number of aliphatic imine (C=N–C) groups is 1. The first-order valence-corrected chi connectivity index (χ1v) is 7.32. The van der Waals surface area contributed by atoms with Gasteiger partial charge in [0.1, 0.15) is 5.60 Å². The average Bonchev–Trinajstić information content (AvgIpc) is 2.47. The van der Waals surface area contributed by atoms with Crippen molar-refractivity contribution in [3.63, 3.8) is 0 Å². The number of rotatable bonds is 2. The number of anilines is 1. The van der Waals surface area contributed by atoms with E-state index in [1.165, 1.54) is 6.34 Å². The summed E-state index contributed by atoms with van der Waals surface area (Å²) in [6.07, 6.45) is 2.74. The number of nitrogens with two attached hydrogens (primary N) is 1. The third-order valence-electron chi connectivity index (χ3n) is 3.24. The molecule has 0 aliphatic carbocycles. The molecule has 2 heterocycles. The molecule has 0 unspecified atom stereocenters. The van der Waals surface area contributed by atoms with Gasteiger partial charge in [0.2, 0.25) is 0 Å². The molecule has 2 rings (SSSR count). The first kappa shape index (κ1) is 16.1. The van der Waals surface area contributed by atoms with E-state index in [9.17, 15) is 4.79 Å². The van der Waals surface area contributed by atoms with Crippen molar-refractivity contribution in [2.75, 3.05) is 31.1 Å². The zero-order chi connectivity index (χ0) is 16.2. The molecule has 0 spiro atoms. The van der Waals surface area contributed by atoms with Crippen molar-refractivity contribution in [1.82, 2.24) is 9.88 Å². The van der Waals surface area contributed by atoms with Gasteiger partial charge in [-0.05, 0) is 32.9 Å². The molecule has 1 aromatic heterocycles. The number of ether oxygens (including phenoxy) is 1. The number of piperazine rings is 1. The van der Waals surface area contributed by atoms with Gasteiger partial charge in [0.25, 0.3) is 0 Å². The lowest BCUT2D eigenvalue weighted by atomic mass is 10.2. The summed E-state index contributed by atoms with van der Waals surface area (Å²) in [4.78, 5) is 24.1. The second-order valence-electron chi connectivity index (χ2n) is 6.11. The van der Waals surface area contributed by atoms with E-state index in [0.717, 1.165) is 18.8 Å². The second-order valence-corrected chi connectivity index (χ2v) is 6.11. The molecular formula is C15H23N5O2. The van der Waals surface area contributed by atoms with Crippen molar-refractivity contribution in [3.05, 3.63) is 18.3 Å². The largest absolute Gasteiger partial charge is 0.444 e. The molecule has 7 nitrogen and oxygen atoms in total. The quantitative estimate of drug-likeness (QED) is 0.665. The van der Waals surface area contributed by atoms with E-state index in [2.05, 4.69) is 14.9 Å². The lowest BCUT2D eigenvalue weighted by Gasteiger charge is -2.36. The van der Waals surface area contributed by atoms with Crippen LogP contribution in [-0.2, 0) is 4.74 Å². The van der Waals surface area contributed by atoms with Gasteiger partial charge in [-0.2, -0.15) is 0 Å². The standard InChI is InChI=1S/C15H23N5O2/c1-15(2,3)22-14(21)20-8-6-19(7-9-20)12-4-5-13(17-10-12)18-11-16/h4-5,10-11H,6-9H2,1-3H3,(H2,16,17,18). The van der Waals surface area contributed by atoms with E-state index in [4.69, 9.17) is 10.5 Å². The van der Waals surface area contributed by atoms with E-state index >= 15 is 0 Å². The lowest BCUT2D eigenvalue weighted by Crippen LogP contribution is -2.50. The van der Waals surface area contributed by atoms with E-state index in [-0.39, 0.29) is 6.09 Å². The minimum atomic E-state index is -0.461. The van der Waals surface area contributed by atoms with Gasteiger partial charge in [0.15, 0.2) is 5.82 Å². The molecule has 7 heteroatoms. The van der Waals surface area contributed by atoms with Crippen molar-refractivity contribution in [3.8, 4) is 0 Å². The Balaban J connectivity index is 1.90. The maximum absolute atomic E-state index is 12.0. The van der Waals surface area contributed by atoms with Crippen molar-refractivity contribution in [2.45, 2.75) is 26.4 Å². The Morgan fingerprint density at radius 3 is 2.50 bits per heavy atom. The van der Waals surface area contributed by atoms with E-state index < -0.39 is 5.60 Å². The normalized spacial score (nSPS) is 16.1. The Hall–Kier alpha value is -2.31. The third-order valence-corrected chi connectivity index (χ3v) is 3.24. The lowest BCUT2D eigenvalue weighted by molar-refractivity contribution is 0.0240. The van der Waals surface area contributed by atoms with Crippen LogP contribution in [0.25, 0.3) is 0 Å². The number of pyridine rings is 1. The number of carbonyl (C=O) groups is 1. The van der Waals surface area contributed by atoms with Crippen LogP contribution in [-0.4, -0.2) is 54.1 Å². The summed E-state index contributed by atoms with van der Waals surface area (Å²) in [5.74, 6) is 0.582. The minimum absolute atomic E-state index is 0.252. The van der Waals surface area contributed by atoms with Crippen LogP contribution in [0.3, 0.4) is 0 Å². The molecule has 120 valence electrons. The van der Waals surface area contributed by atoms with Crippen molar-refractivity contribution < 1.29 is 9.53 Å². The molecule has 0 radical (unpaired) electrons. The van der Waals surface area contributed by atoms with Gasteiger partial charge in [-0.15, -0.1) is 0 Å². The molecule has 22 heavy (non-hydrogen) atoms. The molecule has 0 bridgehead atoms. The molecule has 1 amide bonds. The van der Waals surface area contributed by atoms with E-state index in [1.807, 2.05) is 32.9 Å². The summed E-state index contributed by atoms with van der Waals surface area (Å²) in [7, 11) is 0. The van der Waals surface area contributed by atoms with Crippen LogP contribution < -0.4 is 10.6 Å². The molecule has 1 aliphatic heterocycles. The predicted molar refractivity (Wildman–Crippen MR) is 86.6 cm³/mol. The summed E-state index contributed by atoms with van der Waals surface area (Å²) < 4.78 is 5.39. The average molecular weight is 305 g/mol. The smallest absolute Gasteiger partial charge is 0.410 e. The highest BCUT2D eigenvalue weighted by Crippen LogP contribution is 2.19. The second kappa shape index (κ2) is 6.64. The summed E-state index contributed by atoms with van der Waals surface area (Å²) in [5.41, 5.74) is 5.79. The Kier molecular flexibility index (Phi) is 4.85. The van der Waals surface area contributed by atoms with E-state index in [0.29, 0.717) is 18.9 Å². The third kappa shape index (κ3) is 4.34. The molecule has 1 saturated heterocycles.